The molecule has 0 aromatic heterocycles. The number of hydrogen-bond acceptors (Lipinski definition) is 2. The molecule has 0 amide bonds. The van der Waals surface area contributed by atoms with E-state index < -0.39 is 5.97 Å². The molecule has 0 saturated carbocycles. The Morgan fingerprint density at radius 2 is 1.71 bits per heavy atom. The van der Waals surface area contributed by atoms with Crippen molar-refractivity contribution in [2.45, 2.75) is 52.9 Å². The summed E-state index contributed by atoms with van der Waals surface area (Å²) in [7, 11) is 0. The maximum Gasteiger partial charge on any atom is 0.328 e. The number of carbonyl (C=O) groups excluding carboxylic acids is 1. The Kier molecular flexibility index (Phi) is 5.89. The molecule has 0 aliphatic carbocycles. The van der Waals surface area contributed by atoms with E-state index >= 15 is 0 Å². The summed E-state index contributed by atoms with van der Waals surface area (Å²) in [4.78, 5) is 22.9. The Morgan fingerprint density at radius 1 is 1.10 bits per heavy atom. The van der Waals surface area contributed by atoms with Crippen molar-refractivity contribution >= 4 is 11.8 Å². The number of hydrogen-bond donors (Lipinski definition) is 1. The van der Waals surface area contributed by atoms with Crippen LogP contribution in [0.25, 0.3) is 0 Å². The smallest absolute Gasteiger partial charge is 0.328 e. The van der Waals surface area contributed by atoms with Crippen molar-refractivity contribution in [1.82, 2.24) is 0 Å². The highest BCUT2D eigenvalue weighted by molar-refractivity contribution is 6.08. The molecule has 0 aliphatic rings. The molecule has 114 valence electrons. The maximum atomic E-state index is 12.3. The lowest BCUT2D eigenvalue weighted by Crippen LogP contribution is -2.08. The first-order valence-electron chi connectivity index (χ1n) is 7.39. The summed E-state index contributed by atoms with van der Waals surface area (Å²) in [6, 6.07) is 4.08. The fourth-order valence-electron chi connectivity index (χ4n) is 2.42. The van der Waals surface area contributed by atoms with Gasteiger partial charge in [-0.3, -0.25) is 4.79 Å². The minimum Gasteiger partial charge on any atom is -0.478 e. The molecule has 1 N–H and O–H groups in total. The van der Waals surface area contributed by atoms with Gasteiger partial charge in [0.1, 0.15) is 0 Å². The third-order valence-electron chi connectivity index (χ3n) is 3.59. The molecule has 0 saturated heterocycles. The number of carboxylic acids is 1. The van der Waals surface area contributed by atoms with E-state index in [2.05, 4.69) is 33.8 Å². The van der Waals surface area contributed by atoms with Gasteiger partial charge in [0.15, 0.2) is 5.78 Å². The van der Waals surface area contributed by atoms with Gasteiger partial charge in [0, 0.05) is 11.6 Å². The minimum absolute atomic E-state index is 0.237. The quantitative estimate of drug-likeness (QED) is 0.626. The zero-order valence-electron chi connectivity index (χ0n) is 13.4. The van der Waals surface area contributed by atoms with E-state index in [4.69, 9.17) is 5.11 Å². The van der Waals surface area contributed by atoms with Crippen LogP contribution in [0.3, 0.4) is 0 Å². The van der Waals surface area contributed by atoms with E-state index in [-0.39, 0.29) is 5.78 Å². The van der Waals surface area contributed by atoms with Crippen LogP contribution in [0.15, 0.2) is 24.3 Å². The number of carbonyl (C=O) groups is 2. The van der Waals surface area contributed by atoms with Crippen LogP contribution in [0.1, 0.15) is 73.5 Å². The van der Waals surface area contributed by atoms with Gasteiger partial charge in [0.2, 0.25) is 0 Å². The molecule has 1 aromatic rings. The number of allylic oxidation sites excluding steroid dienone is 1. The van der Waals surface area contributed by atoms with Crippen molar-refractivity contribution in [3.8, 4) is 0 Å². The fourth-order valence-corrected chi connectivity index (χ4v) is 2.42. The lowest BCUT2D eigenvalue weighted by molar-refractivity contribution is -0.131. The summed E-state index contributed by atoms with van der Waals surface area (Å²) in [5.74, 6) is -0.693. The SMILES string of the molecule is CCc1c(C(=O)/C=C/C(=O)O)cc(C(C)C)cc1C(C)C. The molecule has 3 nitrogen and oxygen atoms in total. The molecular formula is C18H24O3. The second kappa shape index (κ2) is 7.21. The number of carboxylic acid groups (broad SMARTS) is 1. The Labute approximate surface area is 126 Å². The predicted octanol–water partition coefficient (Wildman–Crippen LogP) is 4.32. The van der Waals surface area contributed by atoms with Gasteiger partial charge in [-0.15, -0.1) is 0 Å². The van der Waals surface area contributed by atoms with E-state index in [9.17, 15) is 9.59 Å². The van der Waals surface area contributed by atoms with Crippen LogP contribution in [0.2, 0.25) is 0 Å². The Balaban J connectivity index is 3.47. The summed E-state index contributed by atoms with van der Waals surface area (Å²) in [5.41, 5.74) is 3.94. The summed E-state index contributed by atoms with van der Waals surface area (Å²) in [6.45, 7) is 10.4. The van der Waals surface area contributed by atoms with Crippen LogP contribution >= 0.6 is 0 Å². The van der Waals surface area contributed by atoms with Crippen LogP contribution in [-0.4, -0.2) is 16.9 Å². The van der Waals surface area contributed by atoms with Gasteiger partial charge in [0.25, 0.3) is 0 Å². The normalized spacial score (nSPS) is 11.6. The second-order valence-electron chi connectivity index (χ2n) is 5.84. The number of aliphatic carboxylic acids is 1. The van der Waals surface area contributed by atoms with E-state index in [0.717, 1.165) is 29.7 Å². The van der Waals surface area contributed by atoms with Crippen molar-refractivity contribution in [3.05, 3.63) is 46.5 Å². The highest BCUT2D eigenvalue weighted by Gasteiger charge is 2.17. The van der Waals surface area contributed by atoms with Gasteiger partial charge in [0.05, 0.1) is 0 Å². The lowest BCUT2D eigenvalue weighted by Gasteiger charge is -2.19. The second-order valence-corrected chi connectivity index (χ2v) is 5.84. The first-order chi connectivity index (χ1) is 9.77. The molecular weight excluding hydrogens is 264 g/mol. The molecule has 0 aliphatic heterocycles. The van der Waals surface area contributed by atoms with Gasteiger partial charge in [-0.2, -0.15) is 0 Å². The zero-order valence-corrected chi connectivity index (χ0v) is 13.4. The topological polar surface area (TPSA) is 54.4 Å². The summed E-state index contributed by atoms with van der Waals surface area (Å²) in [6.07, 6.45) is 2.80. The van der Waals surface area contributed by atoms with Gasteiger partial charge in [-0.1, -0.05) is 40.7 Å². The highest BCUT2D eigenvalue weighted by atomic mass is 16.4. The van der Waals surface area contributed by atoms with Crippen LogP contribution in [0.5, 0.6) is 0 Å². The molecule has 0 spiro atoms. The number of ketones is 1. The molecule has 0 radical (unpaired) electrons. The highest BCUT2D eigenvalue weighted by Crippen LogP contribution is 2.29. The van der Waals surface area contributed by atoms with Gasteiger partial charge >= 0.3 is 5.97 Å². The van der Waals surface area contributed by atoms with Crippen LogP contribution in [0, 0.1) is 0 Å². The Bertz CT molecular complexity index is 566. The van der Waals surface area contributed by atoms with Gasteiger partial charge in [-0.25, -0.2) is 4.79 Å². The fraction of sp³-hybridized carbons (Fsp3) is 0.444. The van der Waals surface area contributed by atoms with Gasteiger partial charge < -0.3 is 5.11 Å². The lowest BCUT2D eigenvalue weighted by atomic mass is 9.85. The zero-order chi connectivity index (χ0) is 16.2. The number of benzene rings is 1. The van der Waals surface area contributed by atoms with Crippen molar-refractivity contribution < 1.29 is 14.7 Å². The summed E-state index contributed by atoms with van der Waals surface area (Å²) < 4.78 is 0. The molecule has 0 fully saturated rings. The largest absolute Gasteiger partial charge is 0.478 e. The Hall–Kier alpha value is -1.90. The van der Waals surface area contributed by atoms with Crippen LogP contribution in [0.4, 0.5) is 0 Å². The molecule has 1 aromatic carbocycles. The van der Waals surface area contributed by atoms with Crippen LogP contribution < -0.4 is 0 Å². The molecule has 0 atom stereocenters. The molecule has 0 bridgehead atoms. The molecule has 1 rings (SSSR count). The van der Waals surface area contributed by atoms with Crippen molar-refractivity contribution in [1.29, 1.82) is 0 Å². The van der Waals surface area contributed by atoms with Crippen molar-refractivity contribution in [2.24, 2.45) is 0 Å². The number of rotatable bonds is 6. The maximum absolute atomic E-state index is 12.3. The minimum atomic E-state index is -1.11. The monoisotopic (exact) mass is 288 g/mol. The molecule has 0 heterocycles. The third-order valence-corrected chi connectivity index (χ3v) is 3.59. The summed E-state index contributed by atoms with van der Waals surface area (Å²) >= 11 is 0. The van der Waals surface area contributed by atoms with Gasteiger partial charge in [-0.05, 0) is 47.1 Å². The van der Waals surface area contributed by atoms with E-state index in [1.807, 2.05) is 13.0 Å². The third kappa shape index (κ3) is 4.28. The first-order valence-corrected chi connectivity index (χ1v) is 7.39. The standard InChI is InChI=1S/C18H24O3/c1-6-14-15(12(4)5)9-13(11(2)3)10-16(14)17(19)7-8-18(20)21/h7-12H,6H2,1-5H3,(H,20,21)/b8-7+. The molecule has 3 heteroatoms. The molecule has 0 unspecified atom stereocenters. The van der Waals surface area contributed by atoms with Crippen molar-refractivity contribution in [2.75, 3.05) is 0 Å². The predicted molar refractivity (Wildman–Crippen MR) is 85.1 cm³/mol. The average Bonchev–Trinajstić information content (AvgIpc) is 2.42. The summed E-state index contributed by atoms with van der Waals surface area (Å²) in [5, 5.41) is 8.68. The Morgan fingerprint density at radius 3 is 2.14 bits per heavy atom. The van der Waals surface area contributed by atoms with Crippen molar-refractivity contribution in [3.63, 3.8) is 0 Å². The first kappa shape index (κ1) is 17.2. The van der Waals surface area contributed by atoms with E-state index in [1.165, 1.54) is 5.56 Å². The van der Waals surface area contributed by atoms with Crippen LogP contribution in [-0.2, 0) is 11.2 Å². The molecule has 21 heavy (non-hydrogen) atoms. The average molecular weight is 288 g/mol. The van der Waals surface area contributed by atoms with E-state index in [0.29, 0.717) is 17.4 Å². The van der Waals surface area contributed by atoms with E-state index in [1.54, 1.807) is 0 Å².